The Bertz CT molecular complexity index is 698. The number of amides is 1. The zero-order chi connectivity index (χ0) is 16.2. The molecule has 0 aliphatic carbocycles. The minimum Gasteiger partial charge on any atom is -0.317 e. The molecule has 1 amide bonds. The van der Waals surface area contributed by atoms with Crippen molar-refractivity contribution in [2.24, 2.45) is 7.05 Å². The van der Waals surface area contributed by atoms with Gasteiger partial charge in [0, 0.05) is 18.0 Å². The molecule has 8 heteroatoms. The Labute approximate surface area is 152 Å². The van der Waals surface area contributed by atoms with Gasteiger partial charge < -0.3 is 5.32 Å². The lowest BCUT2D eigenvalue weighted by atomic mass is 9.98. The summed E-state index contributed by atoms with van der Waals surface area (Å²) in [6.07, 6.45) is 2.27. The van der Waals surface area contributed by atoms with Gasteiger partial charge in [-0.2, -0.15) is 10.1 Å². The molecule has 2 aromatic rings. The zero-order valence-electron chi connectivity index (χ0n) is 13.5. The number of benzene rings is 1. The maximum absolute atomic E-state index is 12.2. The van der Waals surface area contributed by atoms with Gasteiger partial charge in [-0.25, -0.2) is 4.68 Å². The maximum Gasteiger partial charge on any atom is 0.231 e. The number of nitrogens with one attached hydrogen (secondary N) is 2. The van der Waals surface area contributed by atoms with E-state index in [9.17, 15) is 4.79 Å². The number of hydrogen-bond acceptors (Lipinski definition) is 4. The Morgan fingerprint density at radius 2 is 2.08 bits per heavy atom. The van der Waals surface area contributed by atoms with Crippen LogP contribution in [0.25, 0.3) is 0 Å². The minimum absolute atomic E-state index is 0. The fraction of sp³-hybridized carbons (Fsp3) is 0.438. The molecule has 1 aromatic carbocycles. The van der Waals surface area contributed by atoms with Crippen molar-refractivity contribution in [3.63, 3.8) is 0 Å². The Morgan fingerprint density at radius 1 is 1.38 bits per heavy atom. The highest BCUT2D eigenvalue weighted by atomic mass is 35.5. The molecule has 1 fully saturated rings. The second-order valence-corrected chi connectivity index (χ2v) is 6.17. The molecule has 6 nitrogen and oxygen atoms in total. The van der Waals surface area contributed by atoms with Crippen LogP contribution in [0.4, 0.5) is 5.95 Å². The van der Waals surface area contributed by atoms with E-state index in [2.05, 4.69) is 20.7 Å². The number of aromatic nitrogens is 3. The Kier molecular flexibility index (Phi) is 6.60. The van der Waals surface area contributed by atoms with Crippen molar-refractivity contribution in [1.29, 1.82) is 0 Å². The number of anilines is 1. The van der Waals surface area contributed by atoms with Gasteiger partial charge in [-0.3, -0.25) is 10.1 Å². The summed E-state index contributed by atoms with van der Waals surface area (Å²) in [5.41, 5.74) is 0.799. The van der Waals surface area contributed by atoms with Crippen molar-refractivity contribution < 1.29 is 4.79 Å². The first-order valence-electron chi connectivity index (χ1n) is 7.78. The van der Waals surface area contributed by atoms with Crippen LogP contribution >= 0.6 is 24.0 Å². The van der Waals surface area contributed by atoms with E-state index >= 15 is 0 Å². The van der Waals surface area contributed by atoms with Crippen LogP contribution in [0.2, 0.25) is 5.02 Å². The molecular formula is C16H21Cl2N5O. The first kappa shape index (κ1) is 18.7. The fourth-order valence-electron chi connectivity index (χ4n) is 2.75. The highest BCUT2D eigenvalue weighted by molar-refractivity contribution is 6.31. The lowest BCUT2D eigenvalue weighted by Gasteiger charge is -2.19. The van der Waals surface area contributed by atoms with E-state index in [-0.39, 0.29) is 24.7 Å². The van der Waals surface area contributed by atoms with Crippen molar-refractivity contribution in [3.8, 4) is 0 Å². The summed E-state index contributed by atoms with van der Waals surface area (Å²) in [6.45, 7) is 1.97. The molecule has 1 aromatic heterocycles. The molecule has 1 aliphatic heterocycles. The third-order valence-electron chi connectivity index (χ3n) is 4.04. The molecule has 0 bridgehead atoms. The van der Waals surface area contributed by atoms with Crippen LogP contribution in [-0.2, 0) is 18.3 Å². The van der Waals surface area contributed by atoms with Crippen molar-refractivity contribution >= 4 is 35.9 Å². The Morgan fingerprint density at radius 3 is 2.79 bits per heavy atom. The van der Waals surface area contributed by atoms with Crippen LogP contribution in [0, 0.1) is 0 Å². The zero-order valence-corrected chi connectivity index (χ0v) is 15.0. The van der Waals surface area contributed by atoms with Gasteiger partial charge in [-0.05, 0) is 37.6 Å². The van der Waals surface area contributed by atoms with E-state index in [0.29, 0.717) is 16.9 Å². The first-order valence-corrected chi connectivity index (χ1v) is 8.16. The third kappa shape index (κ3) is 4.47. The molecular weight excluding hydrogens is 349 g/mol. The van der Waals surface area contributed by atoms with Crippen LogP contribution in [-0.4, -0.2) is 33.8 Å². The van der Waals surface area contributed by atoms with Gasteiger partial charge in [0.1, 0.15) is 0 Å². The van der Waals surface area contributed by atoms with Gasteiger partial charge in [0.15, 0.2) is 5.82 Å². The van der Waals surface area contributed by atoms with Gasteiger partial charge in [0.25, 0.3) is 0 Å². The standard InChI is InChI=1S/C16H20ClN5O.ClH/c1-22-16(20-15(21-22)11-6-8-18-9-7-11)19-14(23)10-12-4-2-3-5-13(12)17;/h2-5,11,18H,6-10H2,1H3,(H,19,20,21,23);1H. The molecule has 3 rings (SSSR count). The molecule has 130 valence electrons. The number of nitrogens with zero attached hydrogens (tertiary/aromatic N) is 3. The number of carbonyl (C=O) groups excluding carboxylic acids is 1. The summed E-state index contributed by atoms with van der Waals surface area (Å²) in [4.78, 5) is 16.7. The van der Waals surface area contributed by atoms with Crippen LogP contribution < -0.4 is 10.6 Å². The molecule has 2 heterocycles. The van der Waals surface area contributed by atoms with Crippen LogP contribution in [0.15, 0.2) is 24.3 Å². The molecule has 0 saturated carbocycles. The lowest BCUT2D eigenvalue weighted by Crippen LogP contribution is -2.27. The van der Waals surface area contributed by atoms with E-state index in [1.54, 1.807) is 17.8 Å². The summed E-state index contributed by atoms with van der Waals surface area (Å²) < 4.78 is 1.63. The predicted molar refractivity (Wildman–Crippen MR) is 96.9 cm³/mol. The van der Waals surface area contributed by atoms with E-state index < -0.39 is 0 Å². The van der Waals surface area contributed by atoms with E-state index in [1.807, 2.05) is 18.2 Å². The number of carbonyl (C=O) groups is 1. The molecule has 0 unspecified atom stereocenters. The molecule has 1 aliphatic rings. The largest absolute Gasteiger partial charge is 0.317 e. The van der Waals surface area contributed by atoms with Crippen LogP contribution in [0.3, 0.4) is 0 Å². The molecule has 0 spiro atoms. The van der Waals surface area contributed by atoms with Gasteiger partial charge in [-0.1, -0.05) is 29.8 Å². The number of piperidine rings is 1. The highest BCUT2D eigenvalue weighted by Gasteiger charge is 2.21. The first-order chi connectivity index (χ1) is 11.1. The number of aryl methyl sites for hydroxylation is 1. The number of hydrogen-bond donors (Lipinski definition) is 2. The SMILES string of the molecule is Cl.Cn1nc(C2CCNCC2)nc1NC(=O)Cc1ccccc1Cl. The molecule has 0 atom stereocenters. The number of halogens is 2. The summed E-state index contributed by atoms with van der Waals surface area (Å²) >= 11 is 6.09. The minimum atomic E-state index is -0.148. The Hall–Kier alpha value is -1.63. The van der Waals surface area contributed by atoms with E-state index in [1.165, 1.54) is 0 Å². The quantitative estimate of drug-likeness (QED) is 0.868. The van der Waals surface area contributed by atoms with Gasteiger partial charge in [0.05, 0.1) is 6.42 Å². The second kappa shape index (κ2) is 8.46. The summed E-state index contributed by atoms with van der Waals surface area (Å²) in [6, 6.07) is 7.34. The number of rotatable bonds is 4. The molecule has 2 N–H and O–H groups in total. The Balaban J connectivity index is 0.00000208. The fourth-order valence-corrected chi connectivity index (χ4v) is 2.95. The third-order valence-corrected chi connectivity index (χ3v) is 4.41. The van der Waals surface area contributed by atoms with E-state index in [4.69, 9.17) is 11.6 Å². The predicted octanol–water partition coefficient (Wildman–Crippen LogP) is 2.54. The van der Waals surface area contributed by atoms with Crippen LogP contribution in [0.5, 0.6) is 0 Å². The van der Waals surface area contributed by atoms with Gasteiger partial charge in [-0.15, -0.1) is 12.4 Å². The smallest absolute Gasteiger partial charge is 0.231 e. The maximum atomic E-state index is 12.2. The average Bonchev–Trinajstić information content (AvgIpc) is 2.91. The van der Waals surface area contributed by atoms with Crippen molar-refractivity contribution in [3.05, 3.63) is 40.7 Å². The van der Waals surface area contributed by atoms with Crippen molar-refractivity contribution in [2.75, 3.05) is 18.4 Å². The van der Waals surface area contributed by atoms with Crippen LogP contribution in [0.1, 0.15) is 30.1 Å². The van der Waals surface area contributed by atoms with E-state index in [0.717, 1.165) is 37.3 Å². The van der Waals surface area contributed by atoms with Crippen molar-refractivity contribution in [2.45, 2.75) is 25.2 Å². The van der Waals surface area contributed by atoms with Gasteiger partial charge in [0.2, 0.25) is 11.9 Å². The summed E-state index contributed by atoms with van der Waals surface area (Å²) in [5, 5.41) is 11.2. The average molecular weight is 370 g/mol. The molecule has 1 saturated heterocycles. The summed E-state index contributed by atoms with van der Waals surface area (Å²) in [5.74, 6) is 1.50. The van der Waals surface area contributed by atoms with Gasteiger partial charge >= 0.3 is 0 Å². The summed E-state index contributed by atoms with van der Waals surface area (Å²) in [7, 11) is 1.79. The highest BCUT2D eigenvalue weighted by Crippen LogP contribution is 2.23. The molecule has 24 heavy (non-hydrogen) atoms. The normalized spacial score (nSPS) is 14.9. The second-order valence-electron chi connectivity index (χ2n) is 5.76. The monoisotopic (exact) mass is 369 g/mol. The lowest BCUT2D eigenvalue weighted by molar-refractivity contribution is -0.115. The molecule has 0 radical (unpaired) electrons. The topological polar surface area (TPSA) is 71.8 Å². The van der Waals surface area contributed by atoms with Crippen molar-refractivity contribution in [1.82, 2.24) is 20.1 Å².